The molecule has 0 atom stereocenters. The Labute approximate surface area is 81.8 Å². The van der Waals surface area contributed by atoms with Crippen LogP contribution < -0.4 is 16.4 Å². The number of carbonyl (C=O) groups excluding carboxylic acids is 2. The van der Waals surface area contributed by atoms with Crippen molar-refractivity contribution in [2.24, 2.45) is 5.73 Å². The van der Waals surface area contributed by atoms with Crippen LogP contribution in [0.2, 0.25) is 0 Å². The van der Waals surface area contributed by atoms with Gasteiger partial charge in [-0.25, -0.2) is 4.79 Å². The molecule has 0 aliphatic carbocycles. The molecule has 6 heteroatoms. The minimum atomic E-state index is -0.452. The molecular weight excluding hydrogens is 184 g/mol. The van der Waals surface area contributed by atoms with Gasteiger partial charge in [0.05, 0.1) is 6.67 Å². The Morgan fingerprint density at radius 2 is 2.07 bits per heavy atom. The minimum absolute atomic E-state index is 0.0432. The Morgan fingerprint density at radius 1 is 1.43 bits per heavy atom. The maximum Gasteiger partial charge on any atom is 0.314 e. The number of hydrogen-bond donors (Lipinski definition) is 3. The van der Waals surface area contributed by atoms with Gasteiger partial charge in [-0.2, -0.15) is 0 Å². The number of carbonyl (C=O) groups is 2. The van der Waals surface area contributed by atoms with Gasteiger partial charge in [-0.15, -0.1) is 0 Å². The van der Waals surface area contributed by atoms with Crippen LogP contribution in [0, 0.1) is 0 Å². The molecule has 2 fully saturated rings. The Balaban J connectivity index is 2.01. The fourth-order valence-corrected chi connectivity index (χ4v) is 2.06. The molecular formula is C8H14N4O2. The van der Waals surface area contributed by atoms with Crippen molar-refractivity contribution in [2.45, 2.75) is 18.4 Å². The van der Waals surface area contributed by atoms with Crippen molar-refractivity contribution in [2.75, 3.05) is 19.8 Å². The molecule has 4 N–H and O–H groups in total. The fourth-order valence-electron chi connectivity index (χ4n) is 2.06. The van der Waals surface area contributed by atoms with Crippen molar-refractivity contribution >= 4 is 11.9 Å². The van der Waals surface area contributed by atoms with Gasteiger partial charge in [0.15, 0.2) is 0 Å². The molecule has 2 saturated heterocycles. The third-order valence-electron chi connectivity index (χ3n) is 3.04. The number of hydrogen-bond acceptors (Lipinski definition) is 3. The van der Waals surface area contributed by atoms with E-state index in [0.717, 1.165) is 0 Å². The maximum absolute atomic E-state index is 11.5. The zero-order valence-electron chi connectivity index (χ0n) is 7.88. The van der Waals surface area contributed by atoms with Gasteiger partial charge < -0.3 is 16.0 Å². The first kappa shape index (κ1) is 9.26. The van der Waals surface area contributed by atoms with Crippen LogP contribution in [0.5, 0.6) is 0 Å². The largest absolute Gasteiger partial charge is 0.351 e. The van der Waals surface area contributed by atoms with Crippen LogP contribution in [0.3, 0.4) is 0 Å². The lowest BCUT2D eigenvalue weighted by molar-refractivity contribution is -0.125. The van der Waals surface area contributed by atoms with Gasteiger partial charge in [0.1, 0.15) is 5.54 Å². The van der Waals surface area contributed by atoms with E-state index in [-0.39, 0.29) is 5.91 Å². The molecule has 2 rings (SSSR count). The Kier molecular flexibility index (Phi) is 2.07. The summed E-state index contributed by atoms with van der Waals surface area (Å²) in [6.45, 7) is 1.63. The summed E-state index contributed by atoms with van der Waals surface area (Å²) >= 11 is 0. The number of piperidine rings is 1. The number of likely N-dealkylation sites (tertiary alicyclic amines) is 1. The van der Waals surface area contributed by atoms with Crippen LogP contribution in [0.25, 0.3) is 0 Å². The number of urea groups is 1. The molecule has 1 spiro atoms. The normalized spacial score (nSPS) is 25.1. The molecule has 0 unspecified atom stereocenters. The number of rotatable bonds is 0. The van der Waals surface area contributed by atoms with Crippen LogP contribution in [0.15, 0.2) is 0 Å². The standard InChI is InChI=1S/C8H14N4O2/c9-7(14)12-3-1-8(2-4-12)6(13)10-5-11-8/h11H,1-5H2,(H2,9,14)(H,10,13). The molecule has 78 valence electrons. The third kappa shape index (κ3) is 1.31. The Hall–Kier alpha value is -1.30. The summed E-state index contributed by atoms with van der Waals surface area (Å²) in [5.41, 5.74) is 4.70. The Morgan fingerprint density at radius 3 is 2.50 bits per heavy atom. The quantitative estimate of drug-likeness (QED) is 0.446. The van der Waals surface area contributed by atoms with E-state index in [4.69, 9.17) is 5.73 Å². The molecule has 0 aromatic heterocycles. The van der Waals surface area contributed by atoms with Gasteiger partial charge in [-0.1, -0.05) is 0 Å². The van der Waals surface area contributed by atoms with Gasteiger partial charge in [0, 0.05) is 13.1 Å². The lowest BCUT2D eigenvalue weighted by atomic mass is 9.88. The van der Waals surface area contributed by atoms with E-state index in [1.54, 1.807) is 4.90 Å². The molecule has 0 aromatic carbocycles. The van der Waals surface area contributed by atoms with Gasteiger partial charge in [0.25, 0.3) is 0 Å². The summed E-state index contributed by atoms with van der Waals surface area (Å²) < 4.78 is 0. The second-order valence-electron chi connectivity index (χ2n) is 3.77. The highest BCUT2D eigenvalue weighted by Crippen LogP contribution is 2.24. The number of primary amides is 1. The molecule has 14 heavy (non-hydrogen) atoms. The van der Waals surface area contributed by atoms with Crippen LogP contribution >= 0.6 is 0 Å². The van der Waals surface area contributed by atoms with Crippen LogP contribution in [0.4, 0.5) is 4.79 Å². The molecule has 0 saturated carbocycles. The zero-order valence-corrected chi connectivity index (χ0v) is 7.88. The monoisotopic (exact) mass is 198 g/mol. The summed E-state index contributed by atoms with van der Waals surface area (Å²) in [5.74, 6) is 0.0432. The van der Waals surface area contributed by atoms with Gasteiger partial charge in [-0.3, -0.25) is 10.1 Å². The smallest absolute Gasteiger partial charge is 0.314 e. The molecule has 2 aliphatic rings. The predicted octanol–water partition coefficient (Wildman–Crippen LogP) is -1.42. The van der Waals surface area contributed by atoms with Crippen molar-refractivity contribution in [3.05, 3.63) is 0 Å². The van der Waals surface area contributed by atoms with Gasteiger partial charge in [-0.05, 0) is 12.8 Å². The molecule has 2 heterocycles. The molecule has 0 radical (unpaired) electrons. The van der Waals surface area contributed by atoms with E-state index in [1.807, 2.05) is 0 Å². The fraction of sp³-hybridized carbons (Fsp3) is 0.750. The van der Waals surface area contributed by atoms with Crippen LogP contribution in [-0.4, -0.2) is 42.1 Å². The summed E-state index contributed by atoms with van der Waals surface area (Å²) in [6.07, 6.45) is 1.28. The summed E-state index contributed by atoms with van der Waals surface area (Å²) in [5, 5.41) is 5.88. The zero-order chi connectivity index (χ0) is 10.2. The second kappa shape index (κ2) is 3.13. The molecule has 2 aliphatic heterocycles. The summed E-state index contributed by atoms with van der Waals surface area (Å²) in [6, 6.07) is -0.404. The lowest BCUT2D eigenvalue weighted by Crippen LogP contribution is -2.56. The molecule has 0 bridgehead atoms. The topological polar surface area (TPSA) is 87.5 Å². The number of nitrogens with two attached hydrogens (primary N) is 1. The highest BCUT2D eigenvalue weighted by molar-refractivity contribution is 5.88. The number of amides is 3. The predicted molar refractivity (Wildman–Crippen MR) is 49.3 cm³/mol. The van der Waals surface area contributed by atoms with Gasteiger partial charge >= 0.3 is 6.03 Å². The van der Waals surface area contributed by atoms with Crippen molar-refractivity contribution in [3.63, 3.8) is 0 Å². The van der Waals surface area contributed by atoms with E-state index < -0.39 is 11.6 Å². The first-order valence-corrected chi connectivity index (χ1v) is 4.72. The van der Waals surface area contributed by atoms with E-state index in [2.05, 4.69) is 10.6 Å². The lowest BCUT2D eigenvalue weighted by Gasteiger charge is -2.36. The molecule has 0 aromatic rings. The third-order valence-corrected chi connectivity index (χ3v) is 3.04. The first-order chi connectivity index (χ1) is 6.64. The summed E-state index contributed by atoms with van der Waals surface area (Å²) in [4.78, 5) is 24.0. The Bertz CT molecular complexity index is 271. The van der Waals surface area contributed by atoms with E-state index >= 15 is 0 Å². The van der Waals surface area contributed by atoms with E-state index in [9.17, 15) is 9.59 Å². The van der Waals surface area contributed by atoms with Crippen molar-refractivity contribution < 1.29 is 9.59 Å². The first-order valence-electron chi connectivity index (χ1n) is 4.72. The highest BCUT2D eigenvalue weighted by atomic mass is 16.2. The van der Waals surface area contributed by atoms with Crippen molar-refractivity contribution in [3.8, 4) is 0 Å². The SMILES string of the molecule is NC(=O)N1CCC2(CC1)NCNC2=O. The number of nitrogens with zero attached hydrogens (tertiary/aromatic N) is 1. The van der Waals surface area contributed by atoms with Gasteiger partial charge in [0.2, 0.25) is 5.91 Å². The average molecular weight is 198 g/mol. The second-order valence-corrected chi connectivity index (χ2v) is 3.77. The average Bonchev–Trinajstić information content (AvgIpc) is 2.49. The van der Waals surface area contributed by atoms with Crippen LogP contribution in [0.1, 0.15) is 12.8 Å². The van der Waals surface area contributed by atoms with Crippen LogP contribution in [-0.2, 0) is 4.79 Å². The minimum Gasteiger partial charge on any atom is -0.351 e. The van der Waals surface area contributed by atoms with E-state index in [0.29, 0.717) is 32.6 Å². The molecule has 6 nitrogen and oxygen atoms in total. The maximum atomic E-state index is 11.5. The summed E-state index contributed by atoms with van der Waals surface area (Å²) in [7, 11) is 0. The van der Waals surface area contributed by atoms with Crippen molar-refractivity contribution in [1.82, 2.24) is 15.5 Å². The number of nitrogens with one attached hydrogen (secondary N) is 2. The van der Waals surface area contributed by atoms with Crippen molar-refractivity contribution in [1.29, 1.82) is 0 Å². The highest BCUT2D eigenvalue weighted by Gasteiger charge is 2.44. The van der Waals surface area contributed by atoms with E-state index in [1.165, 1.54) is 0 Å². The molecule has 3 amide bonds.